The molecule has 0 spiro atoms. The Hall–Kier alpha value is -3.30. The van der Waals surface area contributed by atoms with E-state index in [-0.39, 0.29) is 17.7 Å². The summed E-state index contributed by atoms with van der Waals surface area (Å²) < 4.78 is 0. The van der Waals surface area contributed by atoms with E-state index >= 15 is 0 Å². The molecule has 3 aromatic rings. The molecule has 2 aromatic heterocycles. The number of aromatic nitrogens is 2. The molecule has 4 heterocycles. The molecular formula is C23H24N6O2S. The predicted octanol–water partition coefficient (Wildman–Crippen LogP) is 2.72. The van der Waals surface area contributed by atoms with E-state index in [1.165, 1.54) is 11.3 Å². The summed E-state index contributed by atoms with van der Waals surface area (Å²) in [5.41, 5.74) is 3.06. The highest BCUT2D eigenvalue weighted by atomic mass is 32.1. The van der Waals surface area contributed by atoms with E-state index in [0.717, 1.165) is 37.4 Å². The number of rotatable bonds is 5. The van der Waals surface area contributed by atoms with Gasteiger partial charge in [0.15, 0.2) is 5.13 Å². The summed E-state index contributed by atoms with van der Waals surface area (Å²) >= 11 is 1.32. The first-order valence-corrected chi connectivity index (χ1v) is 11.6. The van der Waals surface area contributed by atoms with E-state index in [1.807, 2.05) is 36.4 Å². The molecule has 2 saturated heterocycles. The monoisotopic (exact) mass is 448 g/mol. The van der Waals surface area contributed by atoms with Crippen LogP contribution in [0.2, 0.25) is 0 Å². The molecule has 2 aliphatic rings. The number of anilines is 3. The van der Waals surface area contributed by atoms with Crippen molar-refractivity contribution in [1.29, 1.82) is 0 Å². The number of amides is 2. The molecule has 1 aromatic carbocycles. The molecule has 1 unspecified atom stereocenters. The second-order valence-corrected chi connectivity index (χ2v) is 8.75. The first-order valence-electron chi connectivity index (χ1n) is 10.7. The van der Waals surface area contributed by atoms with Crippen LogP contribution in [0.1, 0.15) is 28.4 Å². The number of pyridine rings is 1. The first-order chi connectivity index (χ1) is 15.7. The second-order valence-electron chi connectivity index (χ2n) is 7.92. The van der Waals surface area contributed by atoms with Crippen molar-refractivity contribution in [1.82, 2.24) is 15.3 Å². The maximum atomic E-state index is 12.9. The Morgan fingerprint density at radius 1 is 1.16 bits per heavy atom. The Labute approximate surface area is 190 Å². The number of carbonyl (C=O) groups excluding carboxylic acids is 2. The van der Waals surface area contributed by atoms with Crippen LogP contribution in [0.25, 0.3) is 0 Å². The Balaban J connectivity index is 1.29. The zero-order valence-corrected chi connectivity index (χ0v) is 18.3. The van der Waals surface area contributed by atoms with Crippen LogP contribution in [-0.2, 0) is 4.79 Å². The summed E-state index contributed by atoms with van der Waals surface area (Å²) in [7, 11) is 0. The van der Waals surface area contributed by atoms with Gasteiger partial charge >= 0.3 is 0 Å². The van der Waals surface area contributed by atoms with Crippen molar-refractivity contribution in [3.8, 4) is 0 Å². The van der Waals surface area contributed by atoms with Gasteiger partial charge in [0.25, 0.3) is 5.91 Å². The van der Waals surface area contributed by atoms with E-state index in [0.29, 0.717) is 29.5 Å². The van der Waals surface area contributed by atoms with Crippen LogP contribution >= 0.6 is 11.3 Å². The maximum absolute atomic E-state index is 12.9. The van der Waals surface area contributed by atoms with E-state index in [1.54, 1.807) is 22.7 Å². The average molecular weight is 449 g/mol. The Morgan fingerprint density at radius 3 is 2.78 bits per heavy atom. The molecule has 9 heteroatoms. The molecule has 2 N–H and O–H groups in total. The number of hydrogen-bond donors (Lipinski definition) is 2. The standard InChI is InChI=1S/C23H24N6O2S/c30-21-12-17(16-4-2-1-3-5-16)14-29(21)23-27-19(15-32-23)22(31)26-18-13-25-7-6-20(18)28-10-8-24-9-11-28/h1-7,13,15,17,24H,8-12,14H2,(H,26,31). The van der Waals surface area contributed by atoms with Gasteiger partial charge in [0, 0.05) is 56.6 Å². The summed E-state index contributed by atoms with van der Waals surface area (Å²) in [5, 5.41) is 8.55. The molecule has 0 bridgehead atoms. The summed E-state index contributed by atoms with van der Waals surface area (Å²) in [4.78, 5) is 38.1. The summed E-state index contributed by atoms with van der Waals surface area (Å²) in [5.74, 6) is -0.126. The van der Waals surface area contributed by atoms with Gasteiger partial charge in [0.05, 0.1) is 17.6 Å². The lowest BCUT2D eigenvalue weighted by Gasteiger charge is -2.30. The van der Waals surface area contributed by atoms with Crippen LogP contribution in [0.5, 0.6) is 0 Å². The van der Waals surface area contributed by atoms with Crippen LogP contribution < -0.4 is 20.4 Å². The lowest BCUT2D eigenvalue weighted by molar-refractivity contribution is -0.117. The SMILES string of the molecule is O=C(Nc1cnccc1N1CCNCC1)c1csc(N2CC(c3ccccc3)CC2=O)n1. The minimum Gasteiger partial charge on any atom is -0.367 e. The van der Waals surface area contributed by atoms with Crippen molar-refractivity contribution in [2.75, 3.05) is 47.8 Å². The van der Waals surface area contributed by atoms with Crippen molar-refractivity contribution in [2.45, 2.75) is 12.3 Å². The number of carbonyl (C=O) groups is 2. The molecule has 2 amide bonds. The highest BCUT2D eigenvalue weighted by Crippen LogP contribution is 2.33. The number of benzene rings is 1. The van der Waals surface area contributed by atoms with E-state index in [4.69, 9.17) is 0 Å². The molecule has 164 valence electrons. The molecule has 2 fully saturated rings. The predicted molar refractivity (Wildman–Crippen MR) is 126 cm³/mol. The van der Waals surface area contributed by atoms with Gasteiger partial charge in [-0.05, 0) is 11.6 Å². The summed E-state index contributed by atoms with van der Waals surface area (Å²) in [6, 6.07) is 12.0. The zero-order chi connectivity index (χ0) is 21.9. The highest BCUT2D eigenvalue weighted by Gasteiger charge is 2.33. The molecule has 0 saturated carbocycles. The van der Waals surface area contributed by atoms with Gasteiger partial charge in [0.1, 0.15) is 5.69 Å². The van der Waals surface area contributed by atoms with Crippen molar-refractivity contribution < 1.29 is 9.59 Å². The zero-order valence-electron chi connectivity index (χ0n) is 17.5. The van der Waals surface area contributed by atoms with Crippen LogP contribution in [0.3, 0.4) is 0 Å². The Kier molecular flexibility index (Phi) is 5.83. The van der Waals surface area contributed by atoms with E-state index in [2.05, 4.69) is 25.5 Å². The van der Waals surface area contributed by atoms with Crippen molar-refractivity contribution in [3.63, 3.8) is 0 Å². The van der Waals surface area contributed by atoms with Crippen molar-refractivity contribution in [3.05, 3.63) is 65.4 Å². The summed E-state index contributed by atoms with van der Waals surface area (Å²) in [6.45, 7) is 4.12. The fourth-order valence-corrected chi connectivity index (χ4v) is 5.02. The Bertz CT molecular complexity index is 1110. The largest absolute Gasteiger partial charge is 0.367 e. The van der Waals surface area contributed by atoms with Gasteiger partial charge in [-0.1, -0.05) is 30.3 Å². The molecule has 0 aliphatic carbocycles. The second kappa shape index (κ2) is 9.05. The van der Waals surface area contributed by atoms with Gasteiger partial charge in [-0.3, -0.25) is 19.5 Å². The van der Waals surface area contributed by atoms with Gasteiger partial charge < -0.3 is 15.5 Å². The van der Waals surface area contributed by atoms with Crippen LogP contribution in [-0.4, -0.2) is 54.5 Å². The van der Waals surface area contributed by atoms with Gasteiger partial charge in [-0.2, -0.15) is 0 Å². The third kappa shape index (κ3) is 4.21. The molecule has 32 heavy (non-hydrogen) atoms. The minimum absolute atomic E-state index is 0.0356. The third-order valence-electron chi connectivity index (χ3n) is 5.86. The first kappa shape index (κ1) is 20.6. The van der Waals surface area contributed by atoms with Gasteiger partial charge in [0.2, 0.25) is 5.91 Å². The van der Waals surface area contributed by atoms with Crippen LogP contribution in [0.15, 0.2) is 54.2 Å². The average Bonchev–Trinajstić information content (AvgIpc) is 3.47. The molecule has 1 atom stereocenters. The number of nitrogens with zero attached hydrogens (tertiary/aromatic N) is 4. The highest BCUT2D eigenvalue weighted by molar-refractivity contribution is 7.14. The van der Waals surface area contributed by atoms with Crippen molar-refractivity contribution in [2.24, 2.45) is 0 Å². The summed E-state index contributed by atoms with van der Waals surface area (Å²) in [6.07, 6.45) is 3.85. The number of nitrogens with one attached hydrogen (secondary N) is 2. The smallest absolute Gasteiger partial charge is 0.275 e. The van der Waals surface area contributed by atoms with Gasteiger partial charge in [-0.25, -0.2) is 4.98 Å². The lowest BCUT2D eigenvalue weighted by Crippen LogP contribution is -2.43. The fourth-order valence-electron chi connectivity index (χ4n) is 4.18. The van der Waals surface area contributed by atoms with Crippen LogP contribution in [0, 0.1) is 0 Å². The maximum Gasteiger partial charge on any atom is 0.275 e. The fraction of sp³-hybridized carbons (Fsp3) is 0.304. The molecular weight excluding hydrogens is 424 g/mol. The quantitative estimate of drug-likeness (QED) is 0.624. The van der Waals surface area contributed by atoms with E-state index in [9.17, 15) is 9.59 Å². The number of piperazine rings is 1. The molecule has 5 rings (SSSR count). The lowest BCUT2D eigenvalue weighted by atomic mass is 9.99. The van der Waals surface area contributed by atoms with E-state index < -0.39 is 0 Å². The topological polar surface area (TPSA) is 90.5 Å². The van der Waals surface area contributed by atoms with Crippen LogP contribution in [0.4, 0.5) is 16.5 Å². The van der Waals surface area contributed by atoms with Crippen molar-refractivity contribution >= 4 is 39.7 Å². The van der Waals surface area contributed by atoms with Gasteiger partial charge in [-0.15, -0.1) is 11.3 Å². The molecule has 8 nitrogen and oxygen atoms in total. The normalized spacial score (nSPS) is 18.8. The molecule has 2 aliphatic heterocycles. The number of thiazole rings is 1. The Morgan fingerprint density at radius 2 is 1.97 bits per heavy atom. The minimum atomic E-state index is -0.303. The third-order valence-corrected chi connectivity index (χ3v) is 6.72. The molecule has 0 radical (unpaired) electrons. The number of hydrogen-bond acceptors (Lipinski definition) is 7.